The molecule has 1 atom stereocenters. The molecule has 1 aliphatic rings. The third kappa shape index (κ3) is 3.61. The standard InChI is InChI=1S/C6H8ClNO2S/c7-11(9,10)4-2-6-1-3-8-5-6/h6,8H,1,3,5H2. The van der Waals surface area contributed by atoms with Crippen LogP contribution in [0.15, 0.2) is 0 Å². The first kappa shape index (κ1) is 8.85. The van der Waals surface area contributed by atoms with Crippen LogP contribution in [0.1, 0.15) is 6.42 Å². The van der Waals surface area contributed by atoms with Gasteiger partial charge in [-0.1, -0.05) is 5.92 Å². The summed E-state index contributed by atoms with van der Waals surface area (Å²) in [5.41, 5.74) is 0. The highest BCUT2D eigenvalue weighted by Crippen LogP contribution is 2.05. The molecule has 1 unspecified atom stereocenters. The lowest BCUT2D eigenvalue weighted by atomic mass is 10.1. The fourth-order valence-corrected chi connectivity index (χ4v) is 1.37. The molecule has 0 aromatic heterocycles. The molecule has 1 rings (SSSR count). The van der Waals surface area contributed by atoms with Gasteiger partial charge in [-0.15, -0.1) is 0 Å². The zero-order valence-corrected chi connectivity index (χ0v) is 7.37. The molecule has 1 aliphatic heterocycles. The smallest absolute Gasteiger partial charge is 0.300 e. The summed E-state index contributed by atoms with van der Waals surface area (Å²) in [4.78, 5) is 0. The second-order valence-electron chi connectivity index (χ2n) is 2.37. The molecule has 5 heteroatoms. The summed E-state index contributed by atoms with van der Waals surface area (Å²) in [5.74, 6) is 2.73. The van der Waals surface area contributed by atoms with Crippen molar-refractivity contribution in [3.63, 3.8) is 0 Å². The number of nitrogens with one attached hydrogen (secondary N) is 1. The van der Waals surface area contributed by atoms with Gasteiger partial charge in [0.2, 0.25) is 0 Å². The van der Waals surface area contributed by atoms with E-state index in [0.717, 1.165) is 19.5 Å². The van der Waals surface area contributed by atoms with E-state index in [-0.39, 0.29) is 5.92 Å². The zero-order valence-electron chi connectivity index (χ0n) is 5.80. The molecule has 0 radical (unpaired) electrons. The Kier molecular flexibility index (Phi) is 2.77. The van der Waals surface area contributed by atoms with Gasteiger partial charge in [0.25, 0.3) is 0 Å². The minimum atomic E-state index is -3.63. The van der Waals surface area contributed by atoms with Gasteiger partial charge in [0.15, 0.2) is 0 Å². The van der Waals surface area contributed by atoms with Crippen molar-refractivity contribution in [2.45, 2.75) is 6.42 Å². The van der Waals surface area contributed by atoms with E-state index in [0.29, 0.717) is 0 Å². The van der Waals surface area contributed by atoms with Gasteiger partial charge in [0.1, 0.15) is 0 Å². The molecular formula is C6H8ClNO2S. The maximum absolute atomic E-state index is 10.4. The highest BCUT2D eigenvalue weighted by atomic mass is 35.7. The normalized spacial score (nSPS) is 24.3. The Balaban J connectivity index is 2.56. The van der Waals surface area contributed by atoms with Crippen LogP contribution in [0.3, 0.4) is 0 Å². The van der Waals surface area contributed by atoms with Crippen molar-refractivity contribution in [2.75, 3.05) is 13.1 Å². The fourth-order valence-electron chi connectivity index (χ4n) is 0.932. The summed E-state index contributed by atoms with van der Waals surface area (Å²) in [7, 11) is 1.26. The predicted molar refractivity (Wildman–Crippen MR) is 43.5 cm³/mol. The molecule has 0 saturated carbocycles. The van der Waals surface area contributed by atoms with E-state index >= 15 is 0 Å². The highest BCUT2D eigenvalue weighted by molar-refractivity contribution is 8.17. The molecule has 0 aromatic carbocycles. The van der Waals surface area contributed by atoms with Crippen LogP contribution in [-0.4, -0.2) is 21.5 Å². The van der Waals surface area contributed by atoms with Gasteiger partial charge < -0.3 is 5.32 Å². The molecule has 1 heterocycles. The van der Waals surface area contributed by atoms with E-state index in [1.54, 1.807) is 0 Å². The van der Waals surface area contributed by atoms with E-state index < -0.39 is 9.05 Å². The molecule has 0 spiro atoms. The second kappa shape index (κ2) is 3.44. The van der Waals surface area contributed by atoms with E-state index in [4.69, 9.17) is 10.7 Å². The van der Waals surface area contributed by atoms with E-state index in [1.807, 2.05) is 5.25 Å². The van der Waals surface area contributed by atoms with Gasteiger partial charge in [-0.3, -0.25) is 0 Å². The topological polar surface area (TPSA) is 46.2 Å². The van der Waals surface area contributed by atoms with Gasteiger partial charge in [-0.25, -0.2) is 0 Å². The molecular weight excluding hydrogens is 186 g/mol. The number of hydrogen-bond acceptors (Lipinski definition) is 3. The fraction of sp³-hybridized carbons (Fsp3) is 0.667. The second-order valence-corrected chi connectivity index (χ2v) is 4.67. The average Bonchev–Trinajstić information content (AvgIpc) is 2.32. The molecule has 0 aromatic rings. The van der Waals surface area contributed by atoms with Crippen LogP contribution in [-0.2, 0) is 9.05 Å². The molecule has 0 aliphatic carbocycles. The molecule has 62 valence electrons. The summed E-state index contributed by atoms with van der Waals surface area (Å²) in [6.45, 7) is 1.67. The van der Waals surface area contributed by atoms with Crippen molar-refractivity contribution >= 4 is 19.7 Å². The van der Waals surface area contributed by atoms with Crippen molar-refractivity contribution in [3.05, 3.63) is 0 Å². The lowest BCUT2D eigenvalue weighted by Gasteiger charge is -1.92. The van der Waals surface area contributed by atoms with Crippen molar-refractivity contribution in [1.29, 1.82) is 0 Å². The van der Waals surface area contributed by atoms with Gasteiger partial charge in [-0.05, 0) is 13.0 Å². The van der Waals surface area contributed by atoms with Crippen LogP contribution in [0.2, 0.25) is 0 Å². The molecule has 11 heavy (non-hydrogen) atoms. The Bertz CT molecular complexity index is 281. The summed E-state index contributed by atoms with van der Waals surface area (Å²) in [6.07, 6.45) is 0.902. The van der Waals surface area contributed by atoms with Gasteiger partial charge >= 0.3 is 9.05 Å². The van der Waals surface area contributed by atoms with Crippen LogP contribution < -0.4 is 5.32 Å². The predicted octanol–water partition coefficient (Wildman–Crippen LogP) is 0.125. The Morgan fingerprint density at radius 3 is 2.73 bits per heavy atom. The maximum atomic E-state index is 10.4. The minimum absolute atomic E-state index is 0.142. The van der Waals surface area contributed by atoms with Crippen molar-refractivity contribution in [3.8, 4) is 11.2 Å². The summed E-state index contributed by atoms with van der Waals surface area (Å²) in [5, 5.41) is 5.08. The third-order valence-electron chi connectivity index (χ3n) is 1.45. The zero-order chi connectivity index (χ0) is 8.32. The summed E-state index contributed by atoms with van der Waals surface area (Å²) in [6, 6.07) is 0. The lowest BCUT2D eigenvalue weighted by Crippen LogP contribution is -2.07. The molecule has 0 bridgehead atoms. The van der Waals surface area contributed by atoms with Gasteiger partial charge in [0, 0.05) is 28.4 Å². The first-order chi connectivity index (χ1) is 5.08. The SMILES string of the molecule is O=S(=O)(Cl)C#CC1CCNC1. The first-order valence-corrected chi connectivity index (χ1v) is 5.56. The molecule has 1 fully saturated rings. The third-order valence-corrected chi connectivity index (χ3v) is 2.04. The average molecular weight is 194 g/mol. The number of halogens is 1. The van der Waals surface area contributed by atoms with Crippen LogP contribution in [0.5, 0.6) is 0 Å². The Labute approximate surface area is 70.5 Å². The Hall–Kier alpha value is -0.240. The largest absolute Gasteiger partial charge is 0.315 e. The highest BCUT2D eigenvalue weighted by Gasteiger charge is 2.11. The maximum Gasteiger partial charge on any atom is 0.300 e. The monoisotopic (exact) mass is 193 g/mol. The van der Waals surface area contributed by atoms with Gasteiger partial charge in [0.05, 0.1) is 0 Å². The molecule has 3 nitrogen and oxygen atoms in total. The van der Waals surface area contributed by atoms with Crippen LogP contribution in [0.4, 0.5) is 0 Å². The lowest BCUT2D eigenvalue weighted by molar-refractivity contribution is 0.618. The van der Waals surface area contributed by atoms with Crippen LogP contribution >= 0.6 is 10.7 Å². The van der Waals surface area contributed by atoms with Gasteiger partial charge in [-0.2, -0.15) is 8.42 Å². The number of hydrogen-bond donors (Lipinski definition) is 1. The minimum Gasteiger partial charge on any atom is -0.315 e. The number of rotatable bonds is 0. The van der Waals surface area contributed by atoms with E-state index in [2.05, 4.69) is 11.2 Å². The van der Waals surface area contributed by atoms with Crippen molar-refractivity contribution in [2.24, 2.45) is 5.92 Å². The quantitative estimate of drug-likeness (QED) is 0.439. The molecule has 1 N–H and O–H groups in total. The molecule has 0 amide bonds. The van der Waals surface area contributed by atoms with E-state index in [9.17, 15) is 8.42 Å². The first-order valence-electron chi connectivity index (χ1n) is 3.25. The van der Waals surface area contributed by atoms with Crippen LogP contribution in [0, 0.1) is 17.1 Å². The van der Waals surface area contributed by atoms with E-state index in [1.165, 1.54) is 0 Å². The van der Waals surface area contributed by atoms with Crippen molar-refractivity contribution in [1.82, 2.24) is 5.32 Å². The summed E-state index contributed by atoms with van der Waals surface area (Å²) >= 11 is 0. The van der Waals surface area contributed by atoms with Crippen LogP contribution in [0.25, 0.3) is 0 Å². The Morgan fingerprint density at radius 2 is 2.27 bits per heavy atom. The summed E-state index contributed by atoms with van der Waals surface area (Å²) < 4.78 is 20.7. The molecule has 1 saturated heterocycles. The van der Waals surface area contributed by atoms with Crippen molar-refractivity contribution < 1.29 is 8.42 Å². The Morgan fingerprint density at radius 1 is 1.55 bits per heavy atom.